The van der Waals surface area contributed by atoms with Gasteiger partial charge in [-0.05, 0) is 0 Å². The zero-order valence-corrected chi connectivity index (χ0v) is 12.1. The van der Waals surface area contributed by atoms with E-state index in [0.717, 1.165) is 0 Å². The molecule has 4 nitrogen and oxygen atoms in total. The van der Waals surface area contributed by atoms with Gasteiger partial charge in [-0.1, -0.05) is 0 Å². The van der Waals surface area contributed by atoms with Crippen molar-refractivity contribution in [2.24, 2.45) is 0 Å². The number of rotatable bonds is 0. The Morgan fingerprint density at radius 3 is 1.25 bits per heavy atom. The van der Waals surface area contributed by atoms with Gasteiger partial charge in [0.25, 0.3) is 0 Å². The summed E-state index contributed by atoms with van der Waals surface area (Å²) >= 11 is 0. The minimum atomic E-state index is -1.82. The summed E-state index contributed by atoms with van der Waals surface area (Å²) in [7, 11) is 0. The minimum absolute atomic E-state index is 0. The molecule has 2 N–H and O–H groups in total. The van der Waals surface area contributed by atoms with Gasteiger partial charge in [-0.2, -0.15) is 0 Å². The second kappa shape index (κ2) is 8.71. The molecule has 0 saturated heterocycles. The molecule has 0 amide bonds. The van der Waals surface area contributed by atoms with Gasteiger partial charge in [0.05, 0.1) is 0 Å². The summed E-state index contributed by atoms with van der Waals surface area (Å²) in [6.07, 6.45) is 0. The summed E-state index contributed by atoms with van der Waals surface area (Å²) in [6.45, 7) is 0. The maximum Gasteiger partial charge on any atom is 1.00 e. The zero-order chi connectivity index (χ0) is 5.15. The smallest absolute Gasteiger partial charge is 1.00 e. The summed E-state index contributed by atoms with van der Waals surface area (Å²) in [5.74, 6) is -3.65. The first-order chi connectivity index (χ1) is 2.64. The van der Waals surface area contributed by atoms with E-state index in [9.17, 15) is 0 Å². The maximum absolute atomic E-state index is 9.10. The summed E-state index contributed by atoms with van der Waals surface area (Å²) in [5.41, 5.74) is 0. The fourth-order valence-electron chi connectivity index (χ4n) is 0. The van der Waals surface area contributed by atoms with E-state index in [1.54, 1.807) is 0 Å². The third kappa shape index (κ3) is 10.6. The van der Waals surface area contributed by atoms with E-state index in [2.05, 4.69) is 0 Å². The third-order valence-electron chi connectivity index (χ3n) is 0.183. The first-order valence-electron chi connectivity index (χ1n) is 1.11. The van der Waals surface area contributed by atoms with Gasteiger partial charge >= 0.3 is 80.8 Å². The summed E-state index contributed by atoms with van der Waals surface area (Å²) in [5, 5.41) is 14.8. The summed E-state index contributed by atoms with van der Waals surface area (Å²) in [6, 6.07) is 0. The maximum atomic E-state index is 9.10. The number of carboxylic acids is 2. The molecule has 40 valence electrons. The molecule has 0 saturated carbocycles. The molecule has 0 aliphatic carbocycles. The molecule has 0 aromatic rings. The molecular weight excluding hydrogens is 269 g/mol. The number of hydrogen-bond acceptors (Lipinski definition) is 2. The molecular formula is C2H3CsO4Ti. The Hall–Kier alpha value is 1.71. The molecule has 0 aromatic carbocycles. The van der Waals surface area contributed by atoms with Crippen molar-refractivity contribution < 1.29 is 112 Å². The Morgan fingerprint density at radius 2 is 1.25 bits per heavy atom. The Labute approximate surface area is 121 Å². The average molecular weight is 272 g/mol. The monoisotopic (exact) mass is 272 g/mol. The first kappa shape index (κ1) is 16.4. The first-order valence-corrected chi connectivity index (χ1v) is 1.11. The van der Waals surface area contributed by atoms with Gasteiger partial charge in [0.1, 0.15) is 0 Å². The van der Waals surface area contributed by atoms with E-state index in [0.29, 0.717) is 0 Å². The van der Waals surface area contributed by atoms with Crippen molar-refractivity contribution in [2.75, 3.05) is 0 Å². The summed E-state index contributed by atoms with van der Waals surface area (Å²) in [4.78, 5) is 18.2. The van der Waals surface area contributed by atoms with E-state index in [1.807, 2.05) is 0 Å². The van der Waals surface area contributed by atoms with Crippen LogP contribution in [0, 0.1) is 0 Å². The van der Waals surface area contributed by atoms with Gasteiger partial charge < -0.3 is 11.6 Å². The van der Waals surface area contributed by atoms with E-state index in [-0.39, 0.29) is 92.0 Å². The third-order valence-corrected chi connectivity index (χ3v) is 0.183. The van der Waals surface area contributed by atoms with Crippen LogP contribution >= 0.6 is 0 Å². The number of hydrogen-bond donors (Lipinski definition) is 2. The predicted molar refractivity (Wildman–Crippen MR) is 16.4 cm³/mol. The van der Waals surface area contributed by atoms with Crippen LogP contribution in [0.15, 0.2) is 0 Å². The number of carbonyl (C=O) groups is 2. The summed E-state index contributed by atoms with van der Waals surface area (Å²) < 4.78 is 0. The molecule has 0 aliphatic heterocycles. The fourth-order valence-corrected chi connectivity index (χ4v) is 0. The second-order valence-electron chi connectivity index (χ2n) is 0.610. The van der Waals surface area contributed by atoms with Crippen LogP contribution in [-0.4, -0.2) is 22.2 Å². The number of aliphatic carboxylic acids is 2. The molecule has 0 fully saturated rings. The molecule has 0 spiro atoms. The Kier molecular flexibility index (Phi) is 17.8. The Morgan fingerprint density at radius 1 is 1.12 bits per heavy atom. The quantitative estimate of drug-likeness (QED) is 0.351. The van der Waals surface area contributed by atoms with Gasteiger partial charge in [0, 0.05) is 21.7 Å². The second-order valence-corrected chi connectivity index (χ2v) is 0.610. The van der Waals surface area contributed by atoms with Crippen molar-refractivity contribution in [1.29, 1.82) is 0 Å². The minimum Gasteiger partial charge on any atom is -1.00 e. The van der Waals surface area contributed by atoms with Crippen molar-refractivity contribution in [2.45, 2.75) is 0 Å². The molecule has 0 atom stereocenters. The molecule has 0 unspecified atom stereocenters. The predicted octanol–water partition coefficient (Wildman–Crippen LogP) is -3.73. The average Bonchev–Trinajstić information content (AvgIpc) is 1.36. The SMILES string of the molecule is O=C(O)C(=O)O.[Cs+].[H-].[Ti]. The van der Waals surface area contributed by atoms with Crippen LogP contribution in [0.4, 0.5) is 0 Å². The van der Waals surface area contributed by atoms with Crippen LogP contribution in [0.25, 0.3) is 0 Å². The van der Waals surface area contributed by atoms with Gasteiger partial charge in [0.2, 0.25) is 0 Å². The van der Waals surface area contributed by atoms with E-state index >= 15 is 0 Å². The van der Waals surface area contributed by atoms with Gasteiger partial charge in [-0.25, -0.2) is 9.59 Å². The van der Waals surface area contributed by atoms with Gasteiger partial charge in [-0.15, -0.1) is 0 Å². The standard InChI is InChI=1S/C2H2O4.Cs.Ti.H/c3-1(4)2(5)6;;;/h(H,3,4)(H,5,6);;;/q;+1;;-1. The molecule has 0 aromatic heterocycles. The fraction of sp³-hybridized carbons (Fsp3) is 0. The van der Waals surface area contributed by atoms with Gasteiger partial charge in [-0.3, -0.25) is 0 Å². The largest absolute Gasteiger partial charge is 1.00 e. The zero-order valence-electron chi connectivity index (χ0n) is 5.21. The van der Waals surface area contributed by atoms with Crippen LogP contribution in [0.3, 0.4) is 0 Å². The number of carboxylic acid groups (broad SMARTS) is 2. The molecule has 0 bridgehead atoms. The normalized spacial score (nSPS) is 5.50. The van der Waals surface area contributed by atoms with Crippen LogP contribution in [-0.2, 0) is 31.3 Å². The van der Waals surface area contributed by atoms with E-state index in [1.165, 1.54) is 0 Å². The molecule has 0 radical (unpaired) electrons. The van der Waals surface area contributed by atoms with Crippen molar-refractivity contribution in [3.63, 3.8) is 0 Å². The molecule has 0 heterocycles. The van der Waals surface area contributed by atoms with Crippen LogP contribution in [0.2, 0.25) is 0 Å². The molecule has 0 aliphatic rings. The van der Waals surface area contributed by atoms with Crippen molar-refractivity contribution in [1.82, 2.24) is 0 Å². The molecule has 8 heavy (non-hydrogen) atoms. The van der Waals surface area contributed by atoms with Crippen LogP contribution in [0.5, 0.6) is 0 Å². The molecule has 0 rings (SSSR count). The topological polar surface area (TPSA) is 74.6 Å². The Balaban J connectivity index is -0.0000000417. The van der Waals surface area contributed by atoms with Gasteiger partial charge in [0.15, 0.2) is 0 Å². The molecule has 6 heteroatoms. The van der Waals surface area contributed by atoms with Crippen molar-refractivity contribution in [3.8, 4) is 0 Å². The van der Waals surface area contributed by atoms with Crippen LogP contribution in [0.1, 0.15) is 1.43 Å². The van der Waals surface area contributed by atoms with Crippen molar-refractivity contribution in [3.05, 3.63) is 0 Å². The van der Waals surface area contributed by atoms with E-state index < -0.39 is 11.9 Å². The Bertz CT molecular complexity index is 84.6. The van der Waals surface area contributed by atoms with Crippen molar-refractivity contribution >= 4 is 11.9 Å². The van der Waals surface area contributed by atoms with E-state index in [4.69, 9.17) is 19.8 Å². The van der Waals surface area contributed by atoms with Crippen LogP contribution < -0.4 is 68.9 Å².